The fourth-order valence-corrected chi connectivity index (χ4v) is 6.27. The summed E-state index contributed by atoms with van der Waals surface area (Å²) in [6.07, 6.45) is 0.782. The average molecular weight is 499 g/mol. The van der Waals surface area contributed by atoms with Crippen molar-refractivity contribution in [1.29, 1.82) is 0 Å². The van der Waals surface area contributed by atoms with E-state index in [1.54, 1.807) is 12.1 Å². The highest BCUT2D eigenvalue weighted by Crippen LogP contribution is 2.27. The number of para-hydroxylation sites is 2. The number of carbonyl (C=O) groups is 2. The monoisotopic (exact) mass is 498 g/mol. The van der Waals surface area contributed by atoms with Gasteiger partial charge in [0.15, 0.2) is 0 Å². The minimum absolute atomic E-state index is 0.00232. The number of piperidine rings is 1. The number of methoxy groups -OCH3 is 1. The first kappa shape index (κ1) is 24.9. The van der Waals surface area contributed by atoms with E-state index >= 15 is 0 Å². The van der Waals surface area contributed by atoms with E-state index in [0.29, 0.717) is 12.8 Å². The second-order valence-electron chi connectivity index (χ2n) is 8.60. The van der Waals surface area contributed by atoms with Crippen LogP contribution in [0, 0.1) is 5.92 Å². The lowest BCUT2D eigenvalue weighted by molar-refractivity contribution is -0.126. The lowest BCUT2D eigenvalue weighted by Gasteiger charge is -2.31. The summed E-state index contributed by atoms with van der Waals surface area (Å²) in [5.74, 6) is -0.328. The van der Waals surface area contributed by atoms with Crippen molar-refractivity contribution in [3.8, 4) is 0 Å². The van der Waals surface area contributed by atoms with E-state index in [9.17, 15) is 18.0 Å². The summed E-state index contributed by atoms with van der Waals surface area (Å²) in [4.78, 5) is 29.7. The standard InChI is InChI=1S/C25H30N4O5S/c1-4-29-21-11-7-6-10-20(21)27-23(29)17(2)26-24(30)18-13-15-28(16-14-18)35(32,33)22-12-8-5-9-19(22)25(31)34-3/h5-12,17-18H,4,13-16H2,1-3H3,(H,26,30). The molecule has 1 saturated heterocycles. The molecule has 186 valence electrons. The summed E-state index contributed by atoms with van der Waals surface area (Å²) in [5, 5.41) is 3.07. The minimum atomic E-state index is -3.90. The molecule has 1 atom stereocenters. The number of sulfonamides is 1. The lowest BCUT2D eigenvalue weighted by atomic mass is 9.97. The van der Waals surface area contributed by atoms with Crippen molar-refractivity contribution in [2.75, 3.05) is 20.2 Å². The molecule has 2 heterocycles. The number of fused-ring (bicyclic) bond motifs is 1. The van der Waals surface area contributed by atoms with Gasteiger partial charge in [-0.15, -0.1) is 0 Å². The molecule has 0 radical (unpaired) electrons. The van der Waals surface area contributed by atoms with Crippen molar-refractivity contribution in [2.24, 2.45) is 5.92 Å². The Kier molecular flexibility index (Phi) is 7.23. The molecule has 3 aromatic rings. The predicted molar refractivity (Wildman–Crippen MR) is 131 cm³/mol. The zero-order valence-electron chi connectivity index (χ0n) is 20.1. The summed E-state index contributed by atoms with van der Waals surface area (Å²) >= 11 is 0. The van der Waals surface area contributed by atoms with Crippen molar-refractivity contribution in [3.63, 3.8) is 0 Å². The molecule has 4 rings (SSSR count). The maximum absolute atomic E-state index is 13.2. The summed E-state index contributed by atoms with van der Waals surface area (Å²) in [6.45, 7) is 5.07. The molecule has 1 aromatic heterocycles. The number of imidazole rings is 1. The maximum atomic E-state index is 13.2. The number of amides is 1. The Hall–Kier alpha value is -3.24. The molecular formula is C25H30N4O5S. The molecule has 35 heavy (non-hydrogen) atoms. The van der Waals surface area contributed by atoms with Crippen LogP contribution in [0.25, 0.3) is 11.0 Å². The number of benzene rings is 2. The number of hydrogen-bond acceptors (Lipinski definition) is 6. The number of esters is 1. The number of carbonyl (C=O) groups excluding carboxylic acids is 2. The molecule has 2 aromatic carbocycles. The average Bonchev–Trinajstić information content (AvgIpc) is 3.27. The zero-order valence-corrected chi connectivity index (χ0v) is 20.9. The summed E-state index contributed by atoms with van der Waals surface area (Å²) in [7, 11) is -2.68. The Morgan fingerprint density at radius 3 is 2.46 bits per heavy atom. The van der Waals surface area contributed by atoms with Crippen molar-refractivity contribution >= 4 is 32.9 Å². The third-order valence-corrected chi connectivity index (χ3v) is 8.44. The third kappa shape index (κ3) is 4.81. The molecule has 0 aliphatic carbocycles. The molecule has 1 aliphatic rings. The zero-order chi connectivity index (χ0) is 25.2. The molecule has 1 fully saturated rings. The van der Waals surface area contributed by atoms with E-state index < -0.39 is 16.0 Å². The SMILES string of the molecule is CCn1c(C(C)NC(=O)C2CCN(S(=O)(=O)c3ccccc3C(=O)OC)CC2)nc2ccccc21. The normalized spacial score (nSPS) is 16.2. The lowest BCUT2D eigenvalue weighted by Crippen LogP contribution is -2.43. The predicted octanol–water partition coefficient (Wildman–Crippen LogP) is 3.12. The molecular weight excluding hydrogens is 468 g/mol. The highest BCUT2D eigenvalue weighted by atomic mass is 32.2. The molecule has 1 N–H and O–H groups in total. The van der Waals surface area contributed by atoms with Gasteiger partial charge in [-0.3, -0.25) is 4.79 Å². The Balaban J connectivity index is 1.43. The number of aryl methyl sites for hydroxylation is 1. The van der Waals surface area contributed by atoms with E-state index in [0.717, 1.165) is 23.4 Å². The number of nitrogens with one attached hydrogen (secondary N) is 1. The number of nitrogens with zero attached hydrogens (tertiary/aromatic N) is 3. The highest BCUT2D eigenvalue weighted by Gasteiger charge is 2.34. The van der Waals surface area contributed by atoms with Crippen LogP contribution in [0.1, 0.15) is 48.9 Å². The molecule has 0 saturated carbocycles. The van der Waals surface area contributed by atoms with Gasteiger partial charge in [0.25, 0.3) is 0 Å². The van der Waals surface area contributed by atoms with Crippen LogP contribution in [-0.4, -0.2) is 54.3 Å². The number of hydrogen-bond donors (Lipinski definition) is 1. The number of aromatic nitrogens is 2. The van der Waals surface area contributed by atoms with Gasteiger partial charge in [0.2, 0.25) is 15.9 Å². The van der Waals surface area contributed by atoms with Crippen LogP contribution < -0.4 is 5.32 Å². The van der Waals surface area contributed by atoms with Crippen LogP contribution in [0.5, 0.6) is 0 Å². The third-order valence-electron chi connectivity index (χ3n) is 6.48. The van der Waals surface area contributed by atoms with Crippen molar-refractivity contribution < 1.29 is 22.7 Å². The van der Waals surface area contributed by atoms with E-state index in [4.69, 9.17) is 9.72 Å². The van der Waals surface area contributed by atoms with Crippen molar-refractivity contribution in [3.05, 3.63) is 59.9 Å². The van der Waals surface area contributed by atoms with Crippen LogP contribution in [0.4, 0.5) is 0 Å². The second-order valence-corrected chi connectivity index (χ2v) is 10.5. The van der Waals surface area contributed by atoms with Gasteiger partial charge >= 0.3 is 5.97 Å². The number of ether oxygens (including phenoxy) is 1. The van der Waals surface area contributed by atoms with Crippen LogP contribution >= 0.6 is 0 Å². The van der Waals surface area contributed by atoms with Gasteiger partial charge in [-0.05, 0) is 51.0 Å². The van der Waals surface area contributed by atoms with Gasteiger partial charge in [-0.2, -0.15) is 4.31 Å². The summed E-state index contributed by atoms with van der Waals surface area (Å²) < 4.78 is 34.6. The molecule has 0 spiro atoms. The van der Waals surface area contributed by atoms with E-state index in [1.165, 1.54) is 23.5 Å². The summed E-state index contributed by atoms with van der Waals surface area (Å²) in [6, 6.07) is 13.6. The van der Waals surface area contributed by atoms with Gasteiger partial charge in [-0.25, -0.2) is 18.2 Å². The van der Waals surface area contributed by atoms with Crippen LogP contribution in [-0.2, 0) is 26.1 Å². The van der Waals surface area contributed by atoms with E-state index in [2.05, 4.69) is 9.88 Å². The maximum Gasteiger partial charge on any atom is 0.339 e. The van der Waals surface area contributed by atoms with Crippen molar-refractivity contribution in [1.82, 2.24) is 19.2 Å². The highest BCUT2D eigenvalue weighted by molar-refractivity contribution is 7.89. The molecule has 10 heteroatoms. The fraction of sp³-hybridized carbons (Fsp3) is 0.400. The van der Waals surface area contributed by atoms with E-state index in [-0.39, 0.29) is 41.4 Å². The first-order valence-corrected chi connectivity index (χ1v) is 13.1. The van der Waals surface area contributed by atoms with Crippen molar-refractivity contribution in [2.45, 2.75) is 44.2 Å². The van der Waals surface area contributed by atoms with Crippen LogP contribution in [0.15, 0.2) is 53.4 Å². The molecule has 1 unspecified atom stereocenters. The van der Waals surface area contributed by atoms with Gasteiger partial charge < -0.3 is 14.6 Å². The first-order valence-electron chi connectivity index (χ1n) is 11.7. The number of rotatable bonds is 7. The quantitative estimate of drug-likeness (QED) is 0.501. The van der Waals surface area contributed by atoms with Crippen LogP contribution in [0.3, 0.4) is 0 Å². The topological polar surface area (TPSA) is 111 Å². The smallest absolute Gasteiger partial charge is 0.339 e. The Bertz CT molecular complexity index is 1340. The Morgan fingerprint density at radius 1 is 1.11 bits per heavy atom. The van der Waals surface area contributed by atoms with Gasteiger partial charge in [0, 0.05) is 25.6 Å². The largest absolute Gasteiger partial charge is 0.465 e. The fourth-order valence-electron chi connectivity index (χ4n) is 4.62. The molecule has 1 aliphatic heterocycles. The minimum Gasteiger partial charge on any atom is -0.465 e. The van der Waals surface area contributed by atoms with Crippen LogP contribution in [0.2, 0.25) is 0 Å². The van der Waals surface area contributed by atoms with Gasteiger partial charge in [-0.1, -0.05) is 24.3 Å². The molecule has 0 bridgehead atoms. The van der Waals surface area contributed by atoms with E-state index in [1.807, 2.05) is 38.1 Å². The molecule has 9 nitrogen and oxygen atoms in total. The summed E-state index contributed by atoms with van der Waals surface area (Å²) in [5.41, 5.74) is 1.91. The Morgan fingerprint density at radius 2 is 1.77 bits per heavy atom. The molecule has 1 amide bonds. The first-order chi connectivity index (χ1) is 16.8. The van der Waals surface area contributed by atoms with Gasteiger partial charge in [0.05, 0.1) is 34.6 Å². The van der Waals surface area contributed by atoms with Gasteiger partial charge in [0.1, 0.15) is 5.82 Å². The second kappa shape index (κ2) is 10.2. The Labute approximate surface area is 205 Å².